The number of nitrogens with zero attached hydrogens (tertiary/aromatic N) is 1. The topological polar surface area (TPSA) is 37.4 Å². The Kier molecular flexibility index (Phi) is 4.81. The van der Waals surface area contributed by atoms with Crippen molar-refractivity contribution >= 4 is 17.4 Å². The van der Waals surface area contributed by atoms with Crippen LogP contribution in [-0.4, -0.2) is 18.2 Å². The van der Waals surface area contributed by atoms with E-state index in [9.17, 15) is 9.59 Å². The van der Waals surface area contributed by atoms with Crippen molar-refractivity contribution in [3.05, 3.63) is 30.3 Å². The number of hydrogen-bond acceptors (Lipinski definition) is 2. The molecule has 1 aliphatic heterocycles. The van der Waals surface area contributed by atoms with E-state index in [1.807, 2.05) is 0 Å². The summed E-state index contributed by atoms with van der Waals surface area (Å²) in [6, 6.07) is 9.95. The van der Waals surface area contributed by atoms with Crippen LogP contribution < -0.4 is 4.90 Å². The number of ketones is 1. The average Bonchev–Trinajstić information content (AvgIpc) is 2.27. The number of hydrogen-bond donors (Lipinski definition) is 0. The van der Waals surface area contributed by atoms with Crippen LogP contribution in [0.4, 0.5) is 5.69 Å². The number of benzene rings is 1. The molecule has 1 atom stereocenters. The third kappa shape index (κ3) is 2.58. The van der Waals surface area contributed by atoms with Gasteiger partial charge in [-0.1, -0.05) is 12.6 Å². The van der Waals surface area contributed by atoms with Crippen LogP contribution in [0.15, 0.2) is 24.3 Å². The van der Waals surface area contributed by atoms with Crippen molar-refractivity contribution in [2.75, 3.05) is 11.4 Å². The minimum Gasteiger partial charge on any atom is -0.329 e. The number of anilines is 1. The Hall–Kier alpha value is -0.536. The average molecular weight is 291 g/mol. The number of piperidine rings is 1. The molecule has 1 amide bonds. The van der Waals surface area contributed by atoms with Gasteiger partial charge in [0.2, 0.25) is 5.78 Å². The predicted octanol–water partition coefficient (Wildman–Crippen LogP) is 1.43. The van der Waals surface area contributed by atoms with Crippen LogP contribution in [-0.2, 0) is 42.3 Å². The molecule has 81 valence electrons. The maximum absolute atomic E-state index is 11.7. The number of amides is 1. The van der Waals surface area contributed by atoms with Crippen LogP contribution in [0.1, 0.15) is 13.3 Å². The number of Topliss-reactive ketones (excluding diaryl/α,β-unsaturated/α-hetero) is 1. The Morgan fingerprint density at radius 1 is 1.31 bits per heavy atom. The van der Waals surface area contributed by atoms with Crippen LogP contribution in [0, 0.1) is 12.0 Å². The van der Waals surface area contributed by atoms with E-state index in [1.54, 1.807) is 31.2 Å². The normalized spacial score (nSPS) is 20.6. The van der Waals surface area contributed by atoms with Gasteiger partial charge in [0.25, 0.3) is 5.91 Å². The second-order valence-corrected chi connectivity index (χ2v) is 3.77. The fourth-order valence-electron chi connectivity index (χ4n) is 1.70. The van der Waals surface area contributed by atoms with Crippen LogP contribution in [0.3, 0.4) is 0 Å². The first-order chi connectivity index (χ1) is 7.20. The van der Waals surface area contributed by atoms with E-state index in [0.29, 0.717) is 6.54 Å². The van der Waals surface area contributed by atoms with Crippen molar-refractivity contribution in [3.63, 3.8) is 0 Å². The standard InChI is InChI=1S/C12H12NO2.Y/c1-9-7-8-13(12(15)11(9)14)10-5-3-2-4-6-10;/h3-6,9H,7-8H2,1H3;/q-1;. The quantitative estimate of drug-likeness (QED) is 0.580. The van der Waals surface area contributed by atoms with E-state index >= 15 is 0 Å². The zero-order chi connectivity index (χ0) is 10.8. The molecular weight excluding hydrogens is 279 g/mol. The molecule has 0 aliphatic carbocycles. The third-order valence-corrected chi connectivity index (χ3v) is 2.70. The summed E-state index contributed by atoms with van der Waals surface area (Å²) < 4.78 is 0. The molecule has 16 heavy (non-hydrogen) atoms. The summed E-state index contributed by atoms with van der Waals surface area (Å²) in [5, 5.41) is 0. The molecule has 4 heteroatoms. The number of carbonyl (C=O) groups excluding carboxylic acids is 2. The molecule has 1 saturated heterocycles. The van der Waals surface area contributed by atoms with E-state index < -0.39 is 0 Å². The summed E-state index contributed by atoms with van der Waals surface area (Å²) in [7, 11) is 0. The number of carbonyl (C=O) groups is 2. The Labute approximate surface area is 120 Å². The molecule has 1 aliphatic rings. The summed E-state index contributed by atoms with van der Waals surface area (Å²) in [6.45, 7) is 2.42. The Balaban J connectivity index is 0.00000128. The summed E-state index contributed by atoms with van der Waals surface area (Å²) >= 11 is 0. The minimum atomic E-state index is -0.389. The van der Waals surface area contributed by atoms with Gasteiger partial charge in [0, 0.05) is 45.2 Å². The van der Waals surface area contributed by atoms with E-state index in [2.05, 4.69) is 6.07 Å². The molecule has 2 rings (SSSR count). The molecule has 1 unspecified atom stereocenters. The van der Waals surface area contributed by atoms with E-state index in [-0.39, 0.29) is 50.3 Å². The largest absolute Gasteiger partial charge is 0.329 e. The first-order valence-corrected chi connectivity index (χ1v) is 5.02. The van der Waals surface area contributed by atoms with Crippen molar-refractivity contribution in [2.24, 2.45) is 5.92 Å². The maximum atomic E-state index is 11.7. The zero-order valence-electron chi connectivity index (χ0n) is 9.14. The summed E-state index contributed by atoms with van der Waals surface area (Å²) in [5.41, 5.74) is 0.777. The van der Waals surface area contributed by atoms with Gasteiger partial charge in [-0.15, -0.1) is 12.1 Å². The molecule has 0 bridgehead atoms. The van der Waals surface area contributed by atoms with Gasteiger partial charge in [-0.05, 0) is 6.42 Å². The SMILES string of the molecule is CC1CCN(c2cc[c-]cc2)C(=O)C1=O.[Y]. The molecular formula is C12H12NO2Y-. The molecule has 1 aromatic carbocycles. The van der Waals surface area contributed by atoms with Crippen molar-refractivity contribution in [3.8, 4) is 0 Å². The van der Waals surface area contributed by atoms with E-state index in [4.69, 9.17) is 0 Å². The van der Waals surface area contributed by atoms with Gasteiger partial charge in [0.1, 0.15) is 0 Å². The smallest absolute Gasteiger partial charge is 0.292 e. The Morgan fingerprint density at radius 2 is 1.94 bits per heavy atom. The Morgan fingerprint density at radius 3 is 2.56 bits per heavy atom. The second-order valence-electron chi connectivity index (χ2n) is 3.77. The monoisotopic (exact) mass is 291 g/mol. The predicted molar refractivity (Wildman–Crippen MR) is 56.4 cm³/mol. The summed E-state index contributed by atoms with van der Waals surface area (Å²) in [4.78, 5) is 24.8. The van der Waals surface area contributed by atoms with Crippen molar-refractivity contribution in [2.45, 2.75) is 13.3 Å². The van der Waals surface area contributed by atoms with Crippen LogP contribution in [0.5, 0.6) is 0 Å². The van der Waals surface area contributed by atoms with Crippen LogP contribution in [0.2, 0.25) is 0 Å². The fourth-order valence-corrected chi connectivity index (χ4v) is 1.70. The minimum absolute atomic E-state index is 0. The molecule has 0 saturated carbocycles. The zero-order valence-corrected chi connectivity index (χ0v) is 12.0. The molecule has 1 heterocycles. The fraction of sp³-hybridized carbons (Fsp3) is 0.333. The van der Waals surface area contributed by atoms with Crippen molar-refractivity contribution in [1.29, 1.82) is 0 Å². The third-order valence-electron chi connectivity index (χ3n) is 2.70. The van der Waals surface area contributed by atoms with Gasteiger partial charge in [0.05, 0.1) is 0 Å². The van der Waals surface area contributed by atoms with Gasteiger partial charge in [-0.25, -0.2) is 0 Å². The molecule has 0 spiro atoms. The molecule has 1 aromatic rings. The molecule has 0 aromatic heterocycles. The molecule has 1 radical (unpaired) electrons. The van der Waals surface area contributed by atoms with Crippen LogP contribution in [0.25, 0.3) is 0 Å². The molecule has 0 N–H and O–H groups in total. The van der Waals surface area contributed by atoms with Gasteiger partial charge >= 0.3 is 0 Å². The molecule has 1 fully saturated rings. The van der Waals surface area contributed by atoms with Gasteiger partial charge in [-0.3, -0.25) is 9.59 Å². The maximum Gasteiger partial charge on any atom is 0.292 e. The Bertz CT molecular complexity index is 391. The van der Waals surface area contributed by atoms with Gasteiger partial charge in [0.15, 0.2) is 0 Å². The first kappa shape index (κ1) is 13.5. The van der Waals surface area contributed by atoms with E-state index in [1.165, 1.54) is 4.90 Å². The molecule has 3 nitrogen and oxygen atoms in total. The summed E-state index contributed by atoms with van der Waals surface area (Å²) in [6.07, 6.45) is 0.739. The van der Waals surface area contributed by atoms with Crippen LogP contribution >= 0.6 is 0 Å². The first-order valence-electron chi connectivity index (χ1n) is 5.02. The number of rotatable bonds is 1. The summed E-state index contributed by atoms with van der Waals surface area (Å²) in [5.74, 6) is -0.807. The van der Waals surface area contributed by atoms with Crippen molar-refractivity contribution < 1.29 is 42.3 Å². The van der Waals surface area contributed by atoms with E-state index in [0.717, 1.165) is 12.1 Å². The van der Waals surface area contributed by atoms with Gasteiger partial charge < -0.3 is 4.90 Å². The van der Waals surface area contributed by atoms with Gasteiger partial charge in [-0.2, -0.15) is 18.2 Å². The van der Waals surface area contributed by atoms with Crippen molar-refractivity contribution in [1.82, 2.24) is 0 Å². The second kappa shape index (κ2) is 5.69.